The average Bonchev–Trinajstić information content (AvgIpc) is 3.02. The molecule has 3 aromatic rings. The zero-order valence-corrected chi connectivity index (χ0v) is 14.8. The first-order valence-electron chi connectivity index (χ1n) is 8.07. The number of nitrogens with one attached hydrogen (secondary N) is 1. The van der Waals surface area contributed by atoms with Gasteiger partial charge in [-0.3, -0.25) is 4.79 Å². The van der Waals surface area contributed by atoms with E-state index in [0.717, 1.165) is 0 Å². The molecule has 0 fully saturated rings. The summed E-state index contributed by atoms with van der Waals surface area (Å²) in [4.78, 5) is 13.2. The second-order valence-corrected chi connectivity index (χ2v) is 6.82. The Labute approximate surface area is 153 Å². The summed E-state index contributed by atoms with van der Waals surface area (Å²) in [6.45, 7) is 1.13. The summed E-state index contributed by atoms with van der Waals surface area (Å²) in [5, 5.41) is 3.28. The summed E-state index contributed by atoms with van der Waals surface area (Å²) in [5.41, 5.74) is 1.14. The lowest BCUT2D eigenvalue weighted by atomic mass is 10.1. The molecule has 0 unspecified atom stereocenters. The van der Waals surface area contributed by atoms with Crippen LogP contribution in [0.5, 0.6) is 11.5 Å². The van der Waals surface area contributed by atoms with E-state index in [-0.39, 0.29) is 18.3 Å². The lowest BCUT2D eigenvalue weighted by Crippen LogP contribution is -2.16. The highest BCUT2D eigenvalue weighted by Crippen LogP contribution is 2.36. The van der Waals surface area contributed by atoms with E-state index in [4.69, 9.17) is 14.2 Å². The van der Waals surface area contributed by atoms with Crippen molar-refractivity contribution in [1.29, 1.82) is 0 Å². The van der Waals surface area contributed by atoms with E-state index < -0.39 is 0 Å². The second-order valence-electron chi connectivity index (χ2n) is 5.77. The van der Waals surface area contributed by atoms with Crippen LogP contribution in [0.4, 0.5) is 10.1 Å². The van der Waals surface area contributed by atoms with Crippen molar-refractivity contribution in [1.82, 2.24) is 0 Å². The lowest BCUT2D eigenvalue weighted by Gasteiger charge is -2.19. The number of methoxy groups -OCH3 is 1. The first-order chi connectivity index (χ1) is 12.7. The van der Waals surface area contributed by atoms with E-state index in [1.165, 1.54) is 24.5 Å². The molecule has 26 heavy (non-hydrogen) atoms. The van der Waals surface area contributed by atoms with Crippen LogP contribution in [0.1, 0.15) is 15.2 Å². The van der Waals surface area contributed by atoms with E-state index in [1.807, 2.05) is 0 Å². The van der Waals surface area contributed by atoms with Crippen LogP contribution in [0, 0.1) is 5.82 Å². The lowest BCUT2D eigenvalue weighted by molar-refractivity contribution is 0.102. The third-order valence-corrected chi connectivity index (χ3v) is 5.25. The van der Waals surface area contributed by atoms with Gasteiger partial charge in [-0.05, 0) is 24.3 Å². The van der Waals surface area contributed by atoms with Gasteiger partial charge in [0.2, 0.25) is 0 Å². The standard InChI is InChI=1S/C19H16FNO4S/c1-23-10-12-17-13(20)3-2-4-16(17)26-18(12)19(22)21-11-5-6-14-15(9-11)25-8-7-24-14/h2-6,9H,7-8,10H2,1H3,(H,21,22). The number of benzene rings is 2. The number of carbonyl (C=O) groups is 1. The van der Waals surface area contributed by atoms with Gasteiger partial charge in [0.1, 0.15) is 19.0 Å². The number of hydrogen-bond donors (Lipinski definition) is 1. The van der Waals surface area contributed by atoms with E-state index in [0.29, 0.717) is 50.9 Å². The number of thiophene rings is 1. The Morgan fingerprint density at radius 2 is 2.04 bits per heavy atom. The molecule has 7 heteroatoms. The molecule has 0 saturated heterocycles. The van der Waals surface area contributed by atoms with Crippen LogP contribution in [0.15, 0.2) is 36.4 Å². The van der Waals surface area contributed by atoms with Crippen molar-refractivity contribution in [2.75, 3.05) is 25.6 Å². The molecule has 134 valence electrons. The van der Waals surface area contributed by atoms with Crippen LogP contribution in [0.25, 0.3) is 10.1 Å². The topological polar surface area (TPSA) is 56.8 Å². The predicted molar refractivity (Wildman–Crippen MR) is 97.9 cm³/mol. The summed E-state index contributed by atoms with van der Waals surface area (Å²) < 4.78 is 31.2. The molecule has 5 nitrogen and oxygen atoms in total. The van der Waals surface area contributed by atoms with Gasteiger partial charge in [-0.25, -0.2) is 4.39 Å². The van der Waals surface area contributed by atoms with E-state index >= 15 is 0 Å². The molecule has 4 rings (SSSR count). The predicted octanol–water partition coefficient (Wildman–Crippen LogP) is 4.21. The second kappa shape index (κ2) is 6.93. The molecule has 0 atom stereocenters. The molecular weight excluding hydrogens is 357 g/mol. The van der Waals surface area contributed by atoms with E-state index in [9.17, 15) is 9.18 Å². The minimum Gasteiger partial charge on any atom is -0.486 e. The average molecular weight is 373 g/mol. The van der Waals surface area contributed by atoms with Crippen molar-refractivity contribution in [3.63, 3.8) is 0 Å². The molecule has 2 aromatic carbocycles. The van der Waals surface area contributed by atoms with Gasteiger partial charge in [0.25, 0.3) is 5.91 Å². The molecular formula is C19H16FNO4S. The molecule has 0 saturated carbocycles. The quantitative estimate of drug-likeness (QED) is 0.744. The first kappa shape index (κ1) is 16.8. The Morgan fingerprint density at radius 3 is 2.85 bits per heavy atom. The van der Waals surface area contributed by atoms with Crippen LogP contribution < -0.4 is 14.8 Å². The SMILES string of the molecule is COCc1c(C(=O)Nc2ccc3c(c2)OCCO3)sc2cccc(F)c12. The number of anilines is 1. The van der Waals surface area contributed by atoms with Gasteiger partial charge in [-0.15, -0.1) is 11.3 Å². The molecule has 0 bridgehead atoms. The van der Waals surface area contributed by atoms with Crippen molar-refractivity contribution >= 4 is 33.0 Å². The Balaban J connectivity index is 1.68. The number of carbonyl (C=O) groups excluding carboxylic acids is 1. The molecule has 1 aliphatic rings. The van der Waals surface area contributed by atoms with Crippen LogP contribution >= 0.6 is 11.3 Å². The van der Waals surface area contributed by atoms with Crippen LogP contribution in [0.3, 0.4) is 0 Å². The van der Waals surface area contributed by atoms with Crippen LogP contribution in [-0.2, 0) is 11.3 Å². The fraction of sp³-hybridized carbons (Fsp3) is 0.211. The molecule has 1 amide bonds. The summed E-state index contributed by atoms with van der Waals surface area (Å²) in [5.74, 6) is 0.574. The third kappa shape index (κ3) is 3.00. The van der Waals surface area contributed by atoms with Gasteiger partial charge in [0.15, 0.2) is 11.5 Å². The Morgan fingerprint density at radius 1 is 1.23 bits per heavy atom. The first-order valence-corrected chi connectivity index (χ1v) is 8.89. The van der Waals surface area contributed by atoms with Crippen molar-refractivity contribution in [3.8, 4) is 11.5 Å². The van der Waals surface area contributed by atoms with Crippen LogP contribution in [0.2, 0.25) is 0 Å². The third-order valence-electron chi connectivity index (χ3n) is 4.06. The summed E-state index contributed by atoms with van der Waals surface area (Å²) in [6.07, 6.45) is 0. The van der Waals surface area contributed by atoms with Crippen molar-refractivity contribution in [3.05, 3.63) is 52.7 Å². The van der Waals surface area contributed by atoms with Gasteiger partial charge >= 0.3 is 0 Å². The van der Waals surface area contributed by atoms with Crippen molar-refractivity contribution in [2.24, 2.45) is 0 Å². The van der Waals surface area contributed by atoms with Gasteiger partial charge in [0, 0.05) is 34.5 Å². The van der Waals surface area contributed by atoms with E-state index in [2.05, 4.69) is 5.32 Å². The Bertz CT molecular complexity index is 985. The molecule has 2 heterocycles. The zero-order valence-electron chi connectivity index (χ0n) is 14.0. The van der Waals surface area contributed by atoms with E-state index in [1.54, 1.807) is 30.3 Å². The molecule has 1 aliphatic heterocycles. The summed E-state index contributed by atoms with van der Waals surface area (Å²) >= 11 is 1.25. The van der Waals surface area contributed by atoms with Crippen molar-refractivity contribution < 1.29 is 23.4 Å². The largest absolute Gasteiger partial charge is 0.486 e. The minimum atomic E-state index is -0.357. The smallest absolute Gasteiger partial charge is 0.266 e. The van der Waals surface area contributed by atoms with Gasteiger partial charge in [-0.1, -0.05) is 6.07 Å². The van der Waals surface area contributed by atoms with Gasteiger partial charge < -0.3 is 19.5 Å². The Hall–Kier alpha value is -2.64. The highest BCUT2D eigenvalue weighted by molar-refractivity contribution is 7.21. The molecule has 0 aliphatic carbocycles. The van der Waals surface area contributed by atoms with Gasteiger partial charge in [-0.2, -0.15) is 0 Å². The maximum absolute atomic E-state index is 14.3. The Kier molecular flexibility index (Phi) is 4.48. The minimum absolute atomic E-state index is 0.158. The van der Waals surface area contributed by atoms with Gasteiger partial charge in [0.05, 0.1) is 11.5 Å². The monoisotopic (exact) mass is 373 g/mol. The fourth-order valence-electron chi connectivity index (χ4n) is 2.94. The normalized spacial score (nSPS) is 13.0. The molecule has 1 N–H and O–H groups in total. The number of rotatable bonds is 4. The zero-order chi connectivity index (χ0) is 18.1. The number of amides is 1. The molecule has 1 aromatic heterocycles. The number of hydrogen-bond acceptors (Lipinski definition) is 5. The fourth-order valence-corrected chi connectivity index (χ4v) is 4.06. The summed E-state index contributed by atoms with van der Waals surface area (Å²) in [7, 11) is 1.52. The summed E-state index contributed by atoms with van der Waals surface area (Å²) in [6, 6.07) is 10.0. The van der Waals surface area contributed by atoms with Crippen LogP contribution in [-0.4, -0.2) is 26.2 Å². The maximum atomic E-state index is 14.3. The number of halogens is 1. The number of ether oxygens (including phenoxy) is 3. The van der Waals surface area contributed by atoms with Crippen molar-refractivity contribution in [2.45, 2.75) is 6.61 Å². The highest BCUT2D eigenvalue weighted by atomic mass is 32.1. The maximum Gasteiger partial charge on any atom is 0.266 e. The molecule has 0 radical (unpaired) electrons. The highest BCUT2D eigenvalue weighted by Gasteiger charge is 2.21. The number of fused-ring (bicyclic) bond motifs is 2. The molecule has 0 spiro atoms.